The fraction of sp³-hybridized carbons (Fsp3) is 0.588. The zero-order valence-corrected chi connectivity index (χ0v) is 13.0. The van der Waals surface area contributed by atoms with Crippen molar-refractivity contribution >= 4 is 29.4 Å². The minimum absolute atomic E-state index is 0.209. The minimum atomic E-state index is 0.209. The zero-order chi connectivity index (χ0) is 13.7. The van der Waals surface area contributed by atoms with Crippen LogP contribution in [0.15, 0.2) is 23.2 Å². The van der Waals surface area contributed by atoms with Gasteiger partial charge in [0, 0.05) is 11.8 Å². The molecule has 0 amide bonds. The van der Waals surface area contributed by atoms with Crippen LogP contribution in [-0.2, 0) is 0 Å². The van der Waals surface area contributed by atoms with Gasteiger partial charge in [0.25, 0.3) is 0 Å². The maximum atomic E-state index is 6.26. The highest BCUT2D eigenvalue weighted by Crippen LogP contribution is 2.57. The number of benzene rings is 1. The van der Waals surface area contributed by atoms with E-state index < -0.39 is 0 Å². The van der Waals surface area contributed by atoms with Crippen LogP contribution in [0, 0.1) is 17.8 Å². The quantitative estimate of drug-likeness (QED) is 0.650. The molecule has 4 aliphatic carbocycles. The lowest BCUT2D eigenvalue weighted by Gasteiger charge is -2.55. The summed E-state index contributed by atoms with van der Waals surface area (Å²) in [4.78, 5) is 5.02. The summed E-state index contributed by atoms with van der Waals surface area (Å²) >= 11 is 12.3. The average molecular weight is 308 g/mol. The van der Waals surface area contributed by atoms with E-state index in [9.17, 15) is 0 Å². The second kappa shape index (κ2) is 4.74. The van der Waals surface area contributed by atoms with Gasteiger partial charge < -0.3 is 0 Å². The first-order chi connectivity index (χ1) is 9.63. The van der Waals surface area contributed by atoms with Crippen molar-refractivity contribution in [2.45, 2.75) is 44.1 Å². The zero-order valence-electron chi connectivity index (χ0n) is 11.5. The summed E-state index contributed by atoms with van der Waals surface area (Å²) in [6, 6.07) is 5.76. The molecule has 0 atom stereocenters. The van der Waals surface area contributed by atoms with E-state index >= 15 is 0 Å². The lowest BCUT2D eigenvalue weighted by Crippen LogP contribution is -2.49. The van der Waals surface area contributed by atoms with E-state index in [-0.39, 0.29) is 5.54 Å². The highest BCUT2D eigenvalue weighted by molar-refractivity contribution is 6.43. The van der Waals surface area contributed by atoms with Gasteiger partial charge in [-0.25, -0.2) is 0 Å². The summed E-state index contributed by atoms with van der Waals surface area (Å²) in [6.07, 6.45) is 10.2. The number of aliphatic imine (C=N–C) groups is 1. The van der Waals surface area contributed by atoms with Gasteiger partial charge in [0.15, 0.2) is 0 Å². The molecule has 0 radical (unpaired) electrons. The van der Waals surface area contributed by atoms with Gasteiger partial charge >= 0.3 is 0 Å². The molecule has 0 aliphatic heterocycles. The fourth-order valence-corrected chi connectivity index (χ4v) is 5.41. The molecule has 0 N–H and O–H groups in total. The molecule has 4 aliphatic rings. The van der Waals surface area contributed by atoms with Crippen molar-refractivity contribution < 1.29 is 0 Å². The number of halogens is 2. The van der Waals surface area contributed by atoms with Gasteiger partial charge in [-0.2, -0.15) is 0 Å². The topological polar surface area (TPSA) is 12.4 Å². The van der Waals surface area contributed by atoms with E-state index in [0.29, 0.717) is 10.0 Å². The van der Waals surface area contributed by atoms with Gasteiger partial charge in [-0.3, -0.25) is 4.99 Å². The van der Waals surface area contributed by atoms with Gasteiger partial charge in [-0.15, -0.1) is 0 Å². The van der Waals surface area contributed by atoms with Crippen LogP contribution in [0.25, 0.3) is 0 Å². The van der Waals surface area contributed by atoms with Gasteiger partial charge in [-0.1, -0.05) is 35.3 Å². The first kappa shape index (κ1) is 13.2. The van der Waals surface area contributed by atoms with E-state index in [2.05, 4.69) is 0 Å². The molecule has 1 nitrogen and oxygen atoms in total. The second-order valence-corrected chi connectivity index (χ2v) is 7.83. The Bertz CT molecular complexity index is 529. The van der Waals surface area contributed by atoms with Crippen LogP contribution in [0.3, 0.4) is 0 Å². The van der Waals surface area contributed by atoms with Crippen molar-refractivity contribution in [1.82, 2.24) is 0 Å². The molecule has 5 rings (SSSR count). The lowest BCUT2D eigenvalue weighted by molar-refractivity contribution is 0.00195. The number of rotatable bonds is 2. The molecule has 1 aromatic rings. The van der Waals surface area contributed by atoms with Crippen LogP contribution >= 0.6 is 23.2 Å². The van der Waals surface area contributed by atoms with Crippen LogP contribution in [0.4, 0.5) is 0 Å². The Labute approximate surface area is 130 Å². The average Bonchev–Trinajstić information content (AvgIpc) is 2.39. The Hall–Kier alpha value is -0.530. The van der Waals surface area contributed by atoms with E-state index in [0.717, 1.165) is 23.3 Å². The van der Waals surface area contributed by atoms with E-state index in [1.807, 2.05) is 24.4 Å². The Balaban J connectivity index is 1.62. The summed E-state index contributed by atoms with van der Waals surface area (Å²) in [5, 5.41) is 1.24. The molecular formula is C17H19Cl2N. The molecule has 0 heterocycles. The maximum Gasteiger partial charge on any atom is 0.0679 e. The first-order valence-electron chi connectivity index (χ1n) is 7.63. The standard InChI is InChI=1S/C17H19Cl2N/c18-15-3-1-2-14(16(15)19)10-20-17-7-11-4-12(8-17)6-13(5-11)9-17/h1-3,10-13H,4-9H2. The first-order valence-corrected chi connectivity index (χ1v) is 8.38. The van der Waals surface area contributed by atoms with E-state index in [1.165, 1.54) is 38.5 Å². The number of nitrogens with zero attached hydrogens (tertiary/aromatic N) is 1. The Morgan fingerprint density at radius 1 is 1.00 bits per heavy atom. The third-order valence-electron chi connectivity index (χ3n) is 5.46. The highest BCUT2D eigenvalue weighted by Gasteiger charge is 2.50. The van der Waals surface area contributed by atoms with Crippen LogP contribution in [0.5, 0.6) is 0 Å². The second-order valence-electron chi connectivity index (χ2n) is 7.04. The smallest absolute Gasteiger partial charge is 0.0679 e. The molecule has 0 saturated heterocycles. The Kier molecular flexibility index (Phi) is 3.12. The van der Waals surface area contributed by atoms with Gasteiger partial charge in [0.1, 0.15) is 0 Å². The normalized spacial score (nSPS) is 38.8. The van der Waals surface area contributed by atoms with Crippen molar-refractivity contribution in [3.05, 3.63) is 33.8 Å². The summed E-state index contributed by atoms with van der Waals surface area (Å²) in [7, 11) is 0. The monoisotopic (exact) mass is 307 g/mol. The highest BCUT2D eigenvalue weighted by atomic mass is 35.5. The summed E-state index contributed by atoms with van der Waals surface area (Å²) in [5.74, 6) is 2.77. The SMILES string of the molecule is Clc1cccc(C=NC23CC4CC(CC(C4)C2)C3)c1Cl. The predicted octanol–water partition coefficient (Wildman–Crippen LogP) is 5.38. The molecule has 0 aromatic heterocycles. The van der Waals surface area contributed by atoms with Gasteiger partial charge in [-0.05, 0) is 62.3 Å². The molecule has 106 valence electrons. The lowest BCUT2D eigenvalue weighted by atomic mass is 9.53. The van der Waals surface area contributed by atoms with E-state index in [1.54, 1.807) is 0 Å². The van der Waals surface area contributed by atoms with Crippen molar-refractivity contribution in [3.8, 4) is 0 Å². The van der Waals surface area contributed by atoms with Gasteiger partial charge in [0.05, 0.1) is 15.6 Å². The van der Waals surface area contributed by atoms with E-state index in [4.69, 9.17) is 28.2 Å². The largest absolute Gasteiger partial charge is 0.286 e. The van der Waals surface area contributed by atoms with Crippen molar-refractivity contribution in [2.75, 3.05) is 0 Å². The van der Waals surface area contributed by atoms with Crippen LogP contribution in [-0.4, -0.2) is 11.8 Å². The third kappa shape index (κ3) is 2.19. The molecule has 4 fully saturated rings. The molecule has 0 spiro atoms. The Morgan fingerprint density at radius 2 is 1.60 bits per heavy atom. The number of hydrogen-bond acceptors (Lipinski definition) is 1. The van der Waals surface area contributed by atoms with Crippen molar-refractivity contribution in [3.63, 3.8) is 0 Å². The summed E-state index contributed by atoms with van der Waals surface area (Å²) < 4.78 is 0. The third-order valence-corrected chi connectivity index (χ3v) is 6.30. The summed E-state index contributed by atoms with van der Waals surface area (Å²) in [5.41, 5.74) is 1.16. The predicted molar refractivity (Wildman–Crippen MR) is 85.0 cm³/mol. The molecule has 0 unspecified atom stereocenters. The maximum absolute atomic E-state index is 6.26. The van der Waals surface area contributed by atoms with Crippen LogP contribution in [0.2, 0.25) is 10.0 Å². The van der Waals surface area contributed by atoms with Crippen LogP contribution < -0.4 is 0 Å². The molecule has 4 bridgehead atoms. The molecule has 4 saturated carbocycles. The fourth-order valence-electron chi connectivity index (χ4n) is 5.05. The molecular weight excluding hydrogens is 289 g/mol. The summed E-state index contributed by atoms with van der Waals surface area (Å²) in [6.45, 7) is 0. The van der Waals surface area contributed by atoms with Gasteiger partial charge in [0.2, 0.25) is 0 Å². The molecule has 3 heteroatoms. The number of hydrogen-bond donors (Lipinski definition) is 0. The van der Waals surface area contributed by atoms with Crippen LogP contribution in [0.1, 0.15) is 44.1 Å². The minimum Gasteiger partial charge on any atom is -0.286 e. The molecule has 1 aromatic carbocycles. The van der Waals surface area contributed by atoms with Crippen molar-refractivity contribution in [2.24, 2.45) is 22.7 Å². The molecule has 20 heavy (non-hydrogen) atoms. The van der Waals surface area contributed by atoms with Crippen molar-refractivity contribution in [1.29, 1.82) is 0 Å². The Morgan fingerprint density at radius 3 is 2.20 bits per heavy atom.